The van der Waals surface area contributed by atoms with Gasteiger partial charge >= 0.3 is 5.97 Å². The van der Waals surface area contributed by atoms with Gasteiger partial charge in [0.05, 0.1) is 7.11 Å². The molecule has 0 spiro atoms. The van der Waals surface area contributed by atoms with Crippen molar-refractivity contribution in [2.75, 3.05) is 12.0 Å². The van der Waals surface area contributed by atoms with Crippen LogP contribution in [0.4, 0.5) is 10.4 Å². The van der Waals surface area contributed by atoms with Gasteiger partial charge in [0.25, 0.3) is 6.01 Å². The molecule has 1 aliphatic rings. The first kappa shape index (κ1) is 20.7. The van der Waals surface area contributed by atoms with Gasteiger partial charge in [-0.2, -0.15) is 4.98 Å². The highest BCUT2D eigenvalue weighted by Gasteiger charge is 2.36. The van der Waals surface area contributed by atoms with Crippen LogP contribution in [0.25, 0.3) is 11.1 Å². The summed E-state index contributed by atoms with van der Waals surface area (Å²) in [5, 5.41) is 9.99. The highest BCUT2D eigenvalue weighted by molar-refractivity contribution is 5.81. The SMILES string of the molecule is COc1ccc2c(c1OCc1ccncc1)C[C@@H](C(=O)O)N(c1nc3ccc(F)cc3o1)C2. The summed E-state index contributed by atoms with van der Waals surface area (Å²) in [6.07, 6.45) is 3.52. The number of benzene rings is 2. The van der Waals surface area contributed by atoms with Crippen LogP contribution in [-0.2, 0) is 24.4 Å². The van der Waals surface area contributed by atoms with E-state index in [2.05, 4.69) is 9.97 Å². The molecule has 0 amide bonds. The summed E-state index contributed by atoms with van der Waals surface area (Å²) in [7, 11) is 1.54. The maximum atomic E-state index is 13.6. The van der Waals surface area contributed by atoms with Gasteiger partial charge in [-0.15, -0.1) is 0 Å². The number of carbonyl (C=O) groups is 1. The fourth-order valence-corrected chi connectivity index (χ4v) is 4.00. The number of aromatic nitrogens is 2. The van der Waals surface area contributed by atoms with E-state index in [9.17, 15) is 14.3 Å². The van der Waals surface area contributed by atoms with Gasteiger partial charge in [-0.1, -0.05) is 6.07 Å². The summed E-state index contributed by atoms with van der Waals surface area (Å²) in [6.45, 7) is 0.519. The van der Waals surface area contributed by atoms with E-state index in [1.54, 1.807) is 30.5 Å². The number of halogens is 1. The zero-order valence-electron chi connectivity index (χ0n) is 17.7. The zero-order chi connectivity index (χ0) is 22.9. The van der Waals surface area contributed by atoms with Gasteiger partial charge in [0.15, 0.2) is 17.1 Å². The molecule has 0 fully saturated rings. The molecule has 4 aromatic rings. The number of fused-ring (bicyclic) bond motifs is 2. The second kappa shape index (κ2) is 8.42. The summed E-state index contributed by atoms with van der Waals surface area (Å²) in [6, 6.07) is 10.6. The lowest BCUT2D eigenvalue weighted by Crippen LogP contribution is -2.46. The highest BCUT2D eigenvalue weighted by atomic mass is 19.1. The maximum absolute atomic E-state index is 13.6. The summed E-state index contributed by atoms with van der Waals surface area (Å²) in [5.74, 6) is -0.445. The number of hydrogen-bond acceptors (Lipinski definition) is 7. The molecular formula is C24H20FN3O5. The Hall–Kier alpha value is -4.14. The molecular weight excluding hydrogens is 429 g/mol. The number of hydrogen-bond donors (Lipinski definition) is 1. The van der Waals surface area contributed by atoms with Crippen LogP contribution in [0.1, 0.15) is 16.7 Å². The van der Waals surface area contributed by atoms with Crippen molar-refractivity contribution in [2.24, 2.45) is 0 Å². The molecule has 33 heavy (non-hydrogen) atoms. The predicted octanol–water partition coefficient (Wildman–Crippen LogP) is 3.97. The van der Waals surface area contributed by atoms with Crippen LogP contribution in [-0.4, -0.2) is 34.2 Å². The molecule has 5 rings (SSSR count). The van der Waals surface area contributed by atoms with E-state index in [0.29, 0.717) is 17.0 Å². The molecule has 8 nitrogen and oxygen atoms in total. The molecule has 1 N–H and O–H groups in total. The minimum Gasteiger partial charge on any atom is -0.493 e. The molecule has 9 heteroatoms. The Morgan fingerprint density at radius 1 is 1.24 bits per heavy atom. The number of aliphatic carboxylic acids is 1. The van der Waals surface area contributed by atoms with Gasteiger partial charge in [0.1, 0.15) is 24.0 Å². The molecule has 0 radical (unpaired) electrons. The molecule has 1 aliphatic heterocycles. The number of rotatable bonds is 6. The van der Waals surface area contributed by atoms with Gasteiger partial charge in [-0.25, -0.2) is 9.18 Å². The van der Waals surface area contributed by atoms with Crippen LogP contribution in [0.5, 0.6) is 11.5 Å². The summed E-state index contributed by atoms with van der Waals surface area (Å²) >= 11 is 0. The summed E-state index contributed by atoms with van der Waals surface area (Å²) in [4.78, 5) is 22.2. The van der Waals surface area contributed by atoms with E-state index in [1.807, 2.05) is 18.2 Å². The molecule has 0 saturated heterocycles. The zero-order valence-corrected chi connectivity index (χ0v) is 17.7. The smallest absolute Gasteiger partial charge is 0.326 e. The number of methoxy groups -OCH3 is 1. The molecule has 2 aromatic carbocycles. The fraction of sp³-hybridized carbons (Fsp3) is 0.208. The van der Waals surface area contributed by atoms with Crippen LogP contribution in [0.3, 0.4) is 0 Å². The van der Waals surface area contributed by atoms with E-state index in [0.717, 1.165) is 16.7 Å². The normalized spacial score (nSPS) is 15.3. The molecule has 0 aliphatic carbocycles. The Kier molecular flexibility index (Phi) is 5.29. The third kappa shape index (κ3) is 3.93. The number of ether oxygens (including phenoxy) is 2. The Bertz CT molecular complexity index is 1320. The Morgan fingerprint density at radius 2 is 2.06 bits per heavy atom. The van der Waals surface area contributed by atoms with Crippen molar-refractivity contribution in [3.63, 3.8) is 0 Å². The monoisotopic (exact) mass is 449 g/mol. The standard InChI is InChI=1S/C24H20FN3O5/c1-31-20-5-2-15-12-28(24-27-18-4-3-16(25)10-21(18)33-24)19(23(29)30)11-17(15)22(20)32-13-14-6-8-26-9-7-14/h2-10,19H,11-13H2,1H3,(H,29,30)/t19-/m0/s1. The fourth-order valence-electron chi connectivity index (χ4n) is 4.00. The summed E-state index contributed by atoms with van der Waals surface area (Å²) < 4.78 is 30.9. The van der Waals surface area contributed by atoms with Crippen LogP contribution >= 0.6 is 0 Å². The maximum Gasteiger partial charge on any atom is 0.326 e. The molecule has 0 bridgehead atoms. The molecule has 3 heterocycles. The average Bonchev–Trinajstić information content (AvgIpc) is 3.25. The van der Waals surface area contributed by atoms with E-state index in [1.165, 1.54) is 18.2 Å². The van der Waals surface area contributed by atoms with E-state index in [4.69, 9.17) is 13.9 Å². The quantitative estimate of drug-likeness (QED) is 0.472. The first-order valence-electron chi connectivity index (χ1n) is 10.3. The van der Waals surface area contributed by atoms with Crippen molar-refractivity contribution in [2.45, 2.75) is 25.6 Å². The van der Waals surface area contributed by atoms with Gasteiger partial charge in [0.2, 0.25) is 0 Å². The van der Waals surface area contributed by atoms with Crippen molar-refractivity contribution in [3.05, 3.63) is 77.4 Å². The van der Waals surface area contributed by atoms with Gasteiger partial charge in [0, 0.05) is 37.0 Å². The third-order valence-corrected chi connectivity index (χ3v) is 5.66. The lowest BCUT2D eigenvalue weighted by Gasteiger charge is -2.34. The summed E-state index contributed by atoms with van der Waals surface area (Å²) in [5.41, 5.74) is 3.27. The van der Waals surface area contributed by atoms with Gasteiger partial charge in [-0.3, -0.25) is 4.98 Å². The number of carboxylic acids is 1. The molecule has 2 aromatic heterocycles. The topological polar surface area (TPSA) is 97.9 Å². The minimum absolute atomic E-state index is 0.128. The number of carboxylic acid groups (broad SMARTS) is 1. The highest BCUT2D eigenvalue weighted by Crippen LogP contribution is 2.40. The molecule has 0 saturated carbocycles. The van der Waals surface area contributed by atoms with Crippen molar-refractivity contribution < 1.29 is 28.2 Å². The first-order chi connectivity index (χ1) is 16.0. The van der Waals surface area contributed by atoms with E-state index >= 15 is 0 Å². The van der Waals surface area contributed by atoms with Crippen LogP contribution in [0.2, 0.25) is 0 Å². The van der Waals surface area contributed by atoms with Gasteiger partial charge in [-0.05, 0) is 41.5 Å². The second-order valence-corrected chi connectivity index (χ2v) is 7.67. The van der Waals surface area contributed by atoms with Gasteiger partial charge < -0.3 is 23.9 Å². The van der Waals surface area contributed by atoms with Crippen LogP contribution < -0.4 is 14.4 Å². The van der Waals surface area contributed by atoms with Crippen molar-refractivity contribution >= 4 is 23.1 Å². The number of anilines is 1. The van der Waals surface area contributed by atoms with Crippen molar-refractivity contribution in [1.82, 2.24) is 9.97 Å². The largest absolute Gasteiger partial charge is 0.493 e. The lowest BCUT2D eigenvalue weighted by atomic mass is 9.93. The average molecular weight is 449 g/mol. The van der Waals surface area contributed by atoms with Crippen LogP contribution in [0.15, 0.2) is 59.3 Å². The van der Waals surface area contributed by atoms with E-state index in [-0.39, 0.29) is 31.2 Å². The lowest BCUT2D eigenvalue weighted by molar-refractivity contribution is -0.138. The number of pyridine rings is 1. The number of nitrogens with zero attached hydrogens (tertiary/aromatic N) is 3. The predicted molar refractivity (Wildman–Crippen MR) is 117 cm³/mol. The van der Waals surface area contributed by atoms with E-state index < -0.39 is 17.8 Å². The molecule has 168 valence electrons. The Balaban J connectivity index is 1.52. The Labute approximate surface area is 188 Å². The second-order valence-electron chi connectivity index (χ2n) is 7.67. The molecule has 1 atom stereocenters. The van der Waals surface area contributed by atoms with Crippen molar-refractivity contribution in [3.8, 4) is 11.5 Å². The third-order valence-electron chi connectivity index (χ3n) is 5.66. The van der Waals surface area contributed by atoms with Crippen LogP contribution in [0, 0.1) is 5.82 Å². The molecule has 0 unspecified atom stereocenters. The minimum atomic E-state index is -1.03. The van der Waals surface area contributed by atoms with Crippen molar-refractivity contribution in [1.29, 1.82) is 0 Å². The first-order valence-corrected chi connectivity index (χ1v) is 10.3. The Morgan fingerprint density at radius 3 is 2.82 bits per heavy atom. The number of oxazole rings is 1.